The smallest absolute Gasteiger partial charge is 0.457 e. The summed E-state index contributed by atoms with van der Waals surface area (Å²) in [6, 6.07) is 25.6. The lowest BCUT2D eigenvalue weighted by molar-refractivity contribution is -0.362. The molecule has 3 N–H and O–H groups in total. The van der Waals surface area contributed by atoms with Gasteiger partial charge in [-0.05, 0) is 73.1 Å². The number of allylic oxidation sites excluding steroid dienone is 2. The van der Waals surface area contributed by atoms with Gasteiger partial charge in [-0.1, -0.05) is 42.5 Å². The summed E-state index contributed by atoms with van der Waals surface area (Å²) in [6.45, 7) is 2.30. The van der Waals surface area contributed by atoms with Crippen LogP contribution in [-0.2, 0) is 9.59 Å². The van der Waals surface area contributed by atoms with Crippen LogP contribution < -0.4 is 20.5 Å². The first-order valence-corrected chi connectivity index (χ1v) is 19.5. The lowest BCUT2D eigenvalue weighted by Crippen LogP contribution is -2.51. The molecule has 59 heavy (non-hydrogen) atoms. The number of amides is 2. The molecule has 0 saturated carbocycles. The number of anilines is 2. The number of piperazine rings is 1. The summed E-state index contributed by atoms with van der Waals surface area (Å²) in [7, 11) is 0. The summed E-state index contributed by atoms with van der Waals surface area (Å²) in [4.78, 5) is 38.5. The van der Waals surface area contributed by atoms with E-state index >= 15 is 8.63 Å². The number of fused-ring (bicyclic) bond motifs is 2. The molecule has 1 saturated heterocycles. The van der Waals surface area contributed by atoms with Gasteiger partial charge >= 0.3 is 6.97 Å². The predicted octanol–water partition coefficient (Wildman–Crippen LogP) is 7.45. The van der Waals surface area contributed by atoms with Crippen LogP contribution in [0.1, 0.15) is 29.8 Å². The van der Waals surface area contributed by atoms with Crippen LogP contribution in [0, 0.1) is 13.8 Å². The number of rotatable bonds is 12. The molecule has 0 atom stereocenters. The maximum Gasteiger partial charge on any atom is 0.737 e. The highest BCUT2D eigenvalue weighted by atomic mass is 19.2. The van der Waals surface area contributed by atoms with Gasteiger partial charge in [0.05, 0.1) is 5.56 Å². The Morgan fingerprint density at radius 3 is 2.42 bits per heavy atom. The van der Waals surface area contributed by atoms with Crippen molar-refractivity contribution in [3.63, 3.8) is 0 Å². The van der Waals surface area contributed by atoms with Gasteiger partial charge in [0.25, 0.3) is 0 Å². The van der Waals surface area contributed by atoms with Crippen molar-refractivity contribution in [1.82, 2.24) is 24.2 Å². The molecular weight excluding hydrogens is 753 g/mol. The number of hydrogen-bond donors (Lipinski definition) is 2. The maximum absolute atomic E-state index is 15.8. The van der Waals surface area contributed by atoms with Gasteiger partial charge in [0.1, 0.15) is 35.1 Å². The van der Waals surface area contributed by atoms with Gasteiger partial charge in [0.15, 0.2) is 5.70 Å². The number of ether oxygens (including phenoxy) is 2. The highest BCUT2D eigenvalue weighted by Gasteiger charge is 2.52. The number of benzene rings is 3. The number of hydrogen-bond acceptors (Lipinski definition) is 8. The minimum Gasteiger partial charge on any atom is -0.457 e. The van der Waals surface area contributed by atoms with Gasteiger partial charge in [0.2, 0.25) is 17.7 Å². The normalized spacial score (nSPS) is 15.9. The van der Waals surface area contributed by atoms with E-state index in [4.69, 9.17) is 15.2 Å². The standard InChI is InChI=1S/C44H43BF2N8O4/c1-30-26-31(2)54-39(30)28-35-16-15-34(55(35)45(54,46)47)17-20-41(57)53-24-22-52(23-25-53)21-7-12-40(56)51-33-8-6-11-38(27-33)59-44-42(43(48)49-29-50-44)32-13-18-37(19-14-32)58-36-9-4-3-5-10-36/h3-16,18-19,26-29H,17,20-25H2,1-2H3,(H,51,56)(H2,48,49,50). The molecule has 3 aliphatic rings. The summed E-state index contributed by atoms with van der Waals surface area (Å²) in [5.74, 6) is 1.95. The van der Waals surface area contributed by atoms with E-state index in [1.807, 2.05) is 61.5 Å². The van der Waals surface area contributed by atoms with Crippen molar-refractivity contribution >= 4 is 42.1 Å². The second-order valence-corrected chi connectivity index (χ2v) is 14.7. The van der Waals surface area contributed by atoms with E-state index in [0.717, 1.165) is 25.8 Å². The number of nitrogens with zero attached hydrogens (tertiary/aromatic N) is 6. The zero-order chi connectivity index (χ0) is 41.1. The average Bonchev–Trinajstić information content (AvgIpc) is 3.78. The number of aryl methyl sites for hydroxylation is 2. The number of carbonyl (C=O) groups is 2. The molecular formula is C44H43BF2N8O4. The molecule has 15 heteroatoms. The van der Waals surface area contributed by atoms with Crippen molar-refractivity contribution in [1.29, 1.82) is 0 Å². The molecule has 3 aromatic carbocycles. The molecule has 1 fully saturated rings. The first kappa shape index (κ1) is 39.0. The quantitative estimate of drug-likeness (QED) is 0.0985. The Morgan fingerprint density at radius 2 is 1.64 bits per heavy atom. The van der Waals surface area contributed by atoms with Crippen molar-refractivity contribution in [2.24, 2.45) is 0 Å². The Morgan fingerprint density at radius 1 is 0.898 bits per heavy atom. The number of nitrogen functional groups attached to an aromatic ring is 1. The van der Waals surface area contributed by atoms with Gasteiger partial charge in [-0.15, -0.1) is 0 Å². The average molecular weight is 797 g/mol. The van der Waals surface area contributed by atoms with Crippen LogP contribution in [0.2, 0.25) is 0 Å². The van der Waals surface area contributed by atoms with Crippen LogP contribution in [-0.4, -0.2) is 86.0 Å². The first-order chi connectivity index (χ1) is 28.5. The minimum atomic E-state index is -4.06. The summed E-state index contributed by atoms with van der Waals surface area (Å²) in [5.41, 5.74) is 10.8. The zero-order valence-corrected chi connectivity index (χ0v) is 32.7. The Labute approximate surface area is 340 Å². The Hall–Kier alpha value is -6.87. The number of carbonyl (C=O) groups excluding carboxylic acids is 2. The fourth-order valence-corrected chi connectivity index (χ4v) is 7.76. The number of aromatic nitrogens is 3. The summed E-state index contributed by atoms with van der Waals surface area (Å²) in [6.07, 6.45) is 10.2. The van der Waals surface area contributed by atoms with E-state index in [1.54, 1.807) is 66.5 Å². The monoisotopic (exact) mass is 796 g/mol. The molecule has 300 valence electrons. The maximum atomic E-state index is 15.8. The van der Waals surface area contributed by atoms with Crippen molar-refractivity contribution < 1.29 is 32.2 Å². The third kappa shape index (κ3) is 8.41. The van der Waals surface area contributed by atoms with E-state index in [0.29, 0.717) is 78.3 Å². The number of nitrogens with one attached hydrogen (secondary N) is 1. The molecule has 0 spiro atoms. The van der Waals surface area contributed by atoms with E-state index in [2.05, 4.69) is 20.2 Å². The second-order valence-electron chi connectivity index (χ2n) is 14.7. The van der Waals surface area contributed by atoms with Crippen LogP contribution in [0.3, 0.4) is 0 Å². The molecule has 0 unspecified atom stereocenters. The predicted molar refractivity (Wildman–Crippen MR) is 225 cm³/mol. The molecule has 2 amide bonds. The molecule has 3 aliphatic heterocycles. The van der Waals surface area contributed by atoms with Crippen molar-refractivity contribution in [2.75, 3.05) is 43.8 Å². The van der Waals surface area contributed by atoms with Crippen LogP contribution in [0.4, 0.5) is 20.1 Å². The molecule has 2 aromatic heterocycles. The topological polar surface area (TPSA) is 131 Å². The molecule has 5 heterocycles. The lowest BCUT2D eigenvalue weighted by atomic mass is 9.90. The minimum absolute atomic E-state index is 0.0618. The summed E-state index contributed by atoms with van der Waals surface area (Å²) in [5, 5.41) is 2.87. The van der Waals surface area contributed by atoms with Gasteiger partial charge < -0.3 is 43.0 Å². The Bertz CT molecular complexity index is 2530. The Balaban J connectivity index is 0.808. The van der Waals surface area contributed by atoms with E-state index in [1.165, 1.54) is 12.4 Å². The van der Waals surface area contributed by atoms with Gasteiger partial charge in [-0.3, -0.25) is 14.5 Å². The Kier molecular flexibility index (Phi) is 10.9. The number of nitrogens with two attached hydrogens (primary N) is 1. The van der Waals surface area contributed by atoms with E-state index < -0.39 is 6.97 Å². The number of halogens is 2. The van der Waals surface area contributed by atoms with E-state index in [9.17, 15) is 9.59 Å². The third-order valence-corrected chi connectivity index (χ3v) is 10.6. The molecule has 12 nitrogen and oxygen atoms in total. The van der Waals surface area contributed by atoms with Crippen molar-refractivity contribution in [3.8, 4) is 34.3 Å². The lowest BCUT2D eigenvalue weighted by Gasteiger charge is -2.34. The van der Waals surface area contributed by atoms with Crippen molar-refractivity contribution in [3.05, 3.63) is 138 Å². The van der Waals surface area contributed by atoms with Crippen LogP contribution in [0.25, 0.3) is 17.2 Å². The second kappa shape index (κ2) is 16.5. The fourth-order valence-electron chi connectivity index (χ4n) is 7.76. The largest absolute Gasteiger partial charge is 0.737 e. The molecule has 8 rings (SSSR count). The zero-order valence-electron chi connectivity index (χ0n) is 32.7. The van der Waals surface area contributed by atoms with Crippen LogP contribution in [0.5, 0.6) is 23.1 Å². The number of para-hydroxylation sites is 1. The first-order valence-electron chi connectivity index (χ1n) is 19.5. The van der Waals surface area contributed by atoms with Crippen LogP contribution in [0.15, 0.2) is 121 Å². The highest BCUT2D eigenvalue weighted by molar-refractivity contribution is 6.58. The third-order valence-electron chi connectivity index (χ3n) is 10.6. The molecule has 0 aliphatic carbocycles. The highest BCUT2D eigenvalue weighted by Crippen LogP contribution is 2.37. The van der Waals surface area contributed by atoms with Gasteiger partial charge in [-0.25, -0.2) is 9.97 Å². The van der Waals surface area contributed by atoms with Crippen molar-refractivity contribution in [2.45, 2.75) is 26.7 Å². The van der Waals surface area contributed by atoms with Gasteiger partial charge in [0, 0.05) is 87.3 Å². The summed E-state index contributed by atoms with van der Waals surface area (Å²) >= 11 is 0. The summed E-state index contributed by atoms with van der Waals surface area (Å²) < 4.78 is 45.9. The fraction of sp³-hybridized carbons (Fsp3) is 0.205. The van der Waals surface area contributed by atoms with Crippen LogP contribution >= 0.6 is 0 Å². The molecule has 5 aromatic rings. The molecule has 0 radical (unpaired) electrons. The van der Waals surface area contributed by atoms with Gasteiger partial charge in [-0.2, -0.15) is 0 Å². The molecule has 0 bridgehead atoms. The van der Waals surface area contributed by atoms with E-state index in [-0.39, 0.29) is 36.4 Å². The SMILES string of the molecule is Cc1cc(C)n2c1C=C1C=CC(CCC(=O)N3CCN(CC=CC(=O)Nc4cccc(Oc5ncnc(N)c5-c5ccc(Oc6ccccc6)cc5)c4)CC3)=[N+]1[B-]2(F)F.